The number of rotatable bonds is 5. The lowest BCUT2D eigenvalue weighted by Crippen LogP contribution is -2.32. The monoisotopic (exact) mass is 297 g/mol. The molecule has 4 nitrogen and oxygen atoms in total. The highest BCUT2D eigenvalue weighted by molar-refractivity contribution is 5.86. The Labute approximate surface area is 129 Å². The fourth-order valence-electron chi connectivity index (χ4n) is 2.76. The van der Waals surface area contributed by atoms with Gasteiger partial charge >= 0.3 is 5.97 Å². The van der Waals surface area contributed by atoms with Crippen LogP contribution in [0, 0.1) is 11.8 Å². The number of carboxylic acid groups (broad SMARTS) is 1. The molecule has 22 heavy (non-hydrogen) atoms. The van der Waals surface area contributed by atoms with E-state index in [-0.39, 0.29) is 24.3 Å². The van der Waals surface area contributed by atoms with E-state index in [0.29, 0.717) is 0 Å². The van der Waals surface area contributed by atoms with E-state index in [1.54, 1.807) is 6.92 Å². The summed E-state index contributed by atoms with van der Waals surface area (Å²) in [5.74, 6) is -1.25. The molecule has 3 rings (SSSR count). The molecule has 2 aromatic rings. The maximum Gasteiger partial charge on any atom is 0.308 e. The van der Waals surface area contributed by atoms with Crippen molar-refractivity contribution in [2.75, 3.05) is 6.54 Å². The van der Waals surface area contributed by atoms with Gasteiger partial charge in [0.2, 0.25) is 5.91 Å². The van der Waals surface area contributed by atoms with Crippen molar-refractivity contribution >= 4 is 22.6 Å². The van der Waals surface area contributed by atoms with Crippen molar-refractivity contribution in [3.8, 4) is 0 Å². The molecule has 4 heteroatoms. The quantitative estimate of drug-likeness (QED) is 0.892. The molecule has 2 N–H and O–H groups in total. The van der Waals surface area contributed by atoms with Gasteiger partial charge in [0.25, 0.3) is 0 Å². The number of amides is 1. The van der Waals surface area contributed by atoms with Gasteiger partial charge in [-0.2, -0.15) is 0 Å². The number of benzene rings is 2. The summed E-state index contributed by atoms with van der Waals surface area (Å²) < 4.78 is 0. The molecule has 1 amide bonds. The molecular weight excluding hydrogens is 278 g/mol. The van der Waals surface area contributed by atoms with Crippen LogP contribution in [0.2, 0.25) is 0 Å². The first-order valence-corrected chi connectivity index (χ1v) is 7.55. The summed E-state index contributed by atoms with van der Waals surface area (Å²) >= 11 is 0. The summed E-state index contributed by atoms with van der Waals surface area (Å²) in [5, 5.41) is 14.0. The van der Waals surface area contributed by atoms with Crippen LogP contribution in [-0.4, -0.2) is 23.5 Å². The van der Waals surface area contributed by atoms with Crippen molar-refractivity contribution in [2.45, 2.75) is 19.3 Å². The Morgan fingerprint density at radius 3 is 2.68 bits per heavy atom. The minimum Gasteiger partial charge on any atom is -0.481 e. The molecule has 1 aliphatic rings. The molecule has 0 aromatic heterocycles. The number of hydrogen-bond donors (Lipinski definition) is 2. The van der Waals surface area contributed by atoms with Crippen molar-refractivity contribution in [1.82, 2.24) is 5.32 Å². The average Bonchev–Trinajstić information content (AvgIpc) is 3.32. The Morgan fingerprint density at radius 1 is 1.23 bits per heavy atom. The van der Waals surface area contributed by atoms with Crippen molar-refractivity contribution < 1.29 is 14.7 Å². The first-order valence-electron chi connectivity index (χ1n) is 7.55. The van der Waals surface area contributed by atoms with Gasteiger partial charge in [-0.25, -0.2) is 0 Å². The topological polar surface area (TPSA) is 66.4 Å². The van der Waals surface area contributed by atoms with Gasteiger partial charge in [-0.3, -0.25) is 9.59 Å². The third kappa shape index (κ3) is 2.96. The van der Waals surface area contributed by atoms with Crippen molar-refractivity contribution in [1.29, 1.82) is 0 Å². The Bertz CT molecular complexity index is 725. The van der Waals surface area contributed by atoms with Gasteiger partial charge in [0.1, 0.15) is 0 Å². The van der Waals surface area contributed by atoms with E-state index in [0.717, 1.165) is 6.42 Å². The van der Waals surface area contributed by atoms with E-state index < -0.39 is 11.9 Å². The van der Waals surface area contributed by atoms with Gasteiger partial charge in [0, 0.05) is 12.5 Å². The fraction of sp³-hybridized carbons (Fsp3) is 0.333. The SMILES string of the molecule is CC(CNC(=O)C1CC1c1ccc2ccccc2c1)C(=O)O. The van der Waals surface area contributed by atoms with Gasteiger partial charge in [-0.15, -0.1) is 0 Å². The molecule has 2 aromatic carbocycles. The summed E-state index contributed by atoms with van der Waals surface area (Å²) in [6.07, 6.45) is 0.839. The average molecular weight is 297 g/mol. The van der Waals surface area contributed by atoms with Gasteiger partial charge in [0.15, 0.2) is 0 Å². The second-order valence-electron chi connectivity index (χ2n) is 6.04. The molecule has 0 radical (unpaired) electrons. The van der Waals surface area contributed by atoms with Crippen molar-refractivity contribution in [3.05, 3.63) is 48.0 Å². The lowest BCUT2D eigenvalue weighted by Gasteiger charge is -2.08. The highest BCUT2D eigenvalue weighted by Crippen LogP contribution is 2.48. The number of aliphatic carboxylic acids is 1. The Hall–Kier alpha value is -2.36. The van der Waals surface area contributed by atoms with Gasteiger partial charge in [-0.1, -0.05) is 49.4 Å². The standard InChI is InChI=1S/C18H19NO3/c1-11(18(21)22)10-19-17(20)16-9-15(16)14-7-6-12-4-2-3-5-13(12)8-14/h2-8,11,15-16H,9-10H2,1H3,(H,19,20)(H,21,22). The van der Waals surface area contributed by atoms with Crippen molar-refractivity contribution in [2.24, 2.45) is 11.8 Å². The van der Waals surface area contributed by atoms with Crippen LogP contribution in [0.25, 0.3) is 10.8 Å². The van der Waals surface area contributed by atoms with E-state index in [1.165, 1.54) is 16.3 Å². The molecule has 1 saturated carbocycles. The predicted molar refractivity (Wildman–Crippen MR) is 84.6 cm³/mol. The van der Waals surface area contributed by atoms with Crippen LogP contribution in [-0.2, 0) is 9.59 Å². The number of fused-ring (bicyclic) bond motifs is 1. The van der Waals surface area contributed by atoms with Gasteiger partial charge < -0.3 is 10.4 Å². The van der Waals surface area contributed by atoms with E-state index >= 15 is 0 Å². The normalized spacial score (nSPS) is 21.3. The lowest BCUT2D eigenvalue weighted by atomic mass is 10.0. The first kappa shape index (κ1) is 14.6. The highest BCUT2D eigenvalue weighted by Gasteiger charge is 2.43. The van der Waals surface area contributed by atoms with Gasteiger partial charge in [-0.05, 0) is 28.7 Å². The first-order chi connectivity index (χ1) is 10.6. The van der Waals surface area contributed by atoms with Crippen LogP contribution in [0.1, 0.15) is 24.8 Å². The molecule has 0 saturated heterocycles. The molecular formula is C18H19NO3. The fourth-order valence-corrected chi connectivity index (χ4v) is 2.76. The zero-order chi connectivity index (χ0) is 15.7. The van der Waals surface area contributed by atoms with Crippen LogP contribution >= 0.6 is 0 Å². The van der Waals surface area contributed by atoms with Crippen LogP contribution in [0.5, 0.6) is 0 Å². The van der Waals surface area contributed by atoms with E-state index in [9.17, 15) is 9.59 Å². The zero-order valence-electron chi connectivity index (χ0n) is 12.5. The summed E-state index contributed by atoms with van der Waals surface area (Å²) in [5.41, 5.74) is 1.19. The maximum atomic E-state index is 12.1. The third-order valence-electron chi connectivity index (χ3n) is 4.33. The summed E-state index contributed by atoms with van der Waals surface area (Å²) in [7, 11) is 0. The second kappa shape index (κ2) is 5.79. The minimum absolute atomic E-state index is 0.0258. The maximum absolute atomic E-state index is 12.1. The zero-order valence-corrected chi connectivity index (χ0v) is 12.5. The van der Waals surface area contributed by atoms with Gasteiger partial charge in [0.05, 0.1) is 5.92 Å². The number of carbonyl (C=O) groups excluding carboxylic acids is 1. The van der Waals surface area contributed by atoms with E-state index in [2.05, 4.69) is 35.6 Å². The van der Waals surface area contributed by atoms with Crippen molar-refractivity contribution in [3.63, 3.8) is 0 Å². The lowest BCUT2D eigenvalue weighted by molar-refractivity contribution is -0.141. The molecule has 3 unspecified atom stereocenters. The summed E-state index contributed by atoms with van der Waals surface area (Å²) in [6.45, 7) is 1.78. The third-order valence-corrected chi connectivity index (χ3v) is 4.33. The smallest absolute Gasteiger partial charge is 0.308 e. The largest absolute Gasteiger partial charge is 0.481 e. The molecule has 1 aliphatic carbocycles. The Kier molecular flexibility index (Phi) is 3.84. The van der Waals surface area contributed by atoms with Crippen LogP contribution in [0.15, 0.2) is 42.5 Å². The van der Waals surface area contributed by atoms with E-state index in [4.69, 9.17) is 5.11 Å². The van der Waals surface area contributed by atoms with Crippen LogP contribution in [0.3, 0.4) is 0 Å². The molecule has 3 atom stereocenters. The summed E-state index contributed by atoms with van der Waals surface area (Å²) in [6, 6.07) is 14.5. The van der Waals surface area contributed by atoms with Crippen LogP contribution in [0.4, 0.5) is 0 Å². The number of nitrogens with one attached hydrogen (secondary N) is 1. The van der Waals surface area contributed by atoms with E-state index in [1.807, 2.05) is 12.1 Å². The molecule has 0 heterocycles. The number of hydrogen-bond acceptors (Lipinski definition) is 2. The predicted octanol–water partition coefficient (Wildman–Crippen LogP) is 2.78. The Balaban J connectivity index is 1.63. The molecule has 0 spiro atoms. The molecule has 0 aliphatic heterocycles. The highest BCUT2D eigenvalue weighted by atomic mass is 16.4. The second-order valence-corrected chi connectivity index (χ2v) is 6.04. The Morgan fingerprint density at radius 2 is 1.95 bits per heavy atom. The minimum atomic E-state index is -0.887. The molecule has 0 bridgehead atoms. The number of carbonyl (C=O) groups is 2. The molecule has 114 valence electrons. The summed E-state index contributed by atoms with van der Waals surface area (Å²) in [4.78, 5) is 22.8. The molecule has 1 fully saturated rings. The number of carboxylic acids is 1. The van der Waals surface area contributed by atoms with Crippen LogP contribution < -0.4 is 5.32 Å².